The van der Waals surface area contributed by atoms with Gasteiger partial charge in [-0.25, -0.2) is 0 Å². The molecule has 0 fully saturated rings. The molecule has 4 heteroatoms. The molecule has 14 heavy (non-hydrogen) atoms. The smallest absolute Gasteiger partial charge is 0.133 e. The molecule has 0 aromatic carbocycles. The van der Waals surface area contributed by atoms with Crippen LogP contribution in [0.4, 0.5) is 0 Å². The Balaban J connectivity index is 2.31. The lowest BCUT2D eigenvalue weighted by atomic mass is 10.1. The Labute approximate surface area is 92.6 Å². The summed E-state index contributed by atoms with van der Waals surface area (Å²) in [7, 11) is 0. The molecule has 0 radical (unpaired) electrons. The first-order valence-corrected chi connectivity index (χ1v) is 5.79. The minimum Gasteiger partial charge on any atom is -0.376 e. The zero-order valence-electron chi connectivity index (χ0n) is 8.59. The van der Waals surface area contributed by atoms with Crippen molar-refractivity contribution in [3.8, 4) is 0 Å². The summed E-state index contributed by atoms with van der Waals surface area (Å²) in [4.78, 5) is 0. The minimum absolute atomic E-state index is 0.633. The van der Waals surface area contributed by atoms with Gasteiger partial charge in [-0.3, -0.25) is 4.68 Å². The van der Waals surface area contributed by atoms with E-state index in [2.05, 4.69) is 39.6 Å². The molecule has 0 N–H and O–H groups in total. The standard InChI is InChI=1S/C10H15BrN2O/c1-7(2)5-13-9-3-4-14-6-8(9)10(11)12-13/h7H,3-6H2,1-2H3. The van der Waals surface area contributed by atoms with Gasteiger partial charge in [0.1, 0.15) is 4.60 Å². The molecule has 1 aromatic rings. The second-order valence-electron chi connectivity index (χ2n) is 4.09. The normalized spacial score (nSPS) is 16.0. The van der Waals surface area contributed by atoms with E-state index in [4.69, 9.17) is 4.74 Å². The number of halogens is 1. The fourth-order valence-corrected chi connectivity index (χ4v) is 2.30. The predicted molar refractivity (Wildman–Crippen MR) is 58.1 cm³/mol. The molecule has 0 spiro atoms. The van der Waals surface area contributed by atoms with Crippen LogP contribution in [0.2, 0.25) is 0 Å². The molecule has 2 rings (SSSR count). The Hall–Kier alpha value is -0.350. The van der Waals surface area contributed by atoms with Crippen LogP contribution in [-0.4, -0.2) is 16.4 Å². The van der Waals surface area contributed by atoms with Gasteiger partial charge < -0.3 is 4.74 Å². The summed E-state index contributed by atoms with van der Waals surface area (Å²) < 4.78 is 8.48. The van der Waals surface area contributed by atoms with Gasteiger partial charge >= 0.3 is 0 Å². The number of hydrogen-bond donors (Lipinski definition) is 0. The van der Waals surface area contributed by atoms with Crippen molar-refractivity contribution in [3.05, 3.63) is 15.9 Å². The molecular formula is C10H15BrN2O. The van der Waals surface area contributed by atoms with Gasteiger partial charge in [0, 0.05) is 24.2 Å². The molecule has 0 aliphatic carbocycles. The Morgan fingerprint density at radius 2 is 2.36 bits per heavy atom. The first-order chi connectivity index (χ1) is 6.68. The van der Waals surface area contributed by atoms with Crippen molar-refractivity contribution in [1.29, 1.82) is 0 Å². The molecule has 0 atom stereocenters. The predicted octanol–water partition coefficient (Wildman–Crippen LogP) is 2.37. The van der Waals surface area contributed by atoms with E-state index in [1.54, 1.807) is 0 Å². The molecule has 78 valence electrons. The maximum Gasteiger partial charge on any atom is 0.133 e. The van der Waals surface area contributed by atoms with Crippen molar-refractivity contribution >= 4 is 15.9 Å². The van der Waals surface area contributed by atoms with E-state index in [-0.39, 0.29) is 0 Å². The van der Waals surface area contributed by atoms with Crippen LogP contribution in [0.15, 0.2) is 4.60 Å². The van der Waals surface area contributed by atoms with Gasteiger partial charge in [0.15, 0.2) is 0 Å². The summed E-state index contributed by atoms with van der Waals surface area (Å²) in [6, 6.07) is 0. The molecule has 1 aromatic heterocycles. The Kier molecular flexibility index (Phi) is 2.93. The lowest BCUT2D eigenvalue weighted by Crippen LogP contribution is -2.15. The average Bonchev–Trinajstić information content (AvgIpc) is 2.44. The van der Waals surface area contributed by atoms with Crippen molar-refractivity contribution in [2.75, 3.05) is 6.61 Å². The minimum atomic E-state index is 0.633. The first kappa shape index (κ1) is 10.2. The summed E-state index contributed by atoms with van der Waals surface area (Å²) in [5.74, 6) is 0.633. The molecule has 0 saturated carbocycles. The van der Waals surface area contributed by atoms with Crippen molar-refractivity contribution in [2.45, 2.75) is 33.4 Å². The molecule has 0 saturated heterocycles. The van der Waals surface area contributed by atoms with Crippen LogP contribution in [0.5, 0.6) is 0 Å². The molecule has 1 aliphatic rings. The number of fused-ring (bicyclic) bond motifs is 1. The fraction of sp³-hybridized carbons (Fsp3) is 0.700. The highest BCUT2D eigenvalue weighted by molar-refractivity contribution is 9.10. The van der Waals surface area contributed by atoms with E-state index in [0.717, 1.165) is 24.2 Å². The second-order valence-corrected chi connectivity index (χ2v) is 4.85. The van der Waals surface area contributed by atoms with Gasteiger partial charge in [0.25, 0.3) is 0 Å². The zero-order valence-corrected chi connectivity index (χ0v) is 10.2. The molecular weight excluding hydrogens is 244 g/mol. The zero-order chi connectivity index (χ0) is 10.1. The summed E-state index contributed by atoms with van der Waals surface area (Å²) >= 11 is 3.48. The SMILES string of the molecule is CC(C)Cn1nc(Br)c2c1CCOC2. The van der Waals surface area contributed by atoms with E-state index in [9.17, 15) is 0 Å². The molecule has 1 aliphatic heterocycles. The van der Waals surface area contributed by atoms with Crippen LogP contribution in [-0.2, 0) is 24.3 Å². The molecule has 0 unspecified atom stereocenters. The maximum atomic E-state index is 5.41. The lowest BCUT2D eigenvalue weighted by Gasteiger charge is -2.15. The van der Waals surface area contributed by atoms with Crippen LogP contribution in [0.25, 0.3) is 0 Å². The highest BCUT2D eigenvalue weighted by atomic mass is 79.9. The van der Waals surface area contributed by atoms with Crippen LogP contribution < -0.4 is 0 Å². The second kappa shape index (κ2) is 4.03. The van der Waals surface area contributed by atoms with Crippen molar-refractivity contribution in [1.82, 2.24) is 9.78 Å². The molecule has 0 bridgehead atoms. The molecule has 2 heterocycles. The van der Waals surface area contributed by atoms with Gasteiger partial charge in [0.2, 0.25) is 0 Å². The van der Waals surface area contributed by atoms with E-state index < -0.39 is 0 Å². The third kappa shape index (κ3) is 1.86. The quantitative estimate of drug-likeness (QED) is 0.815. The van der Waals surface area contributed by atoms with Gasteiger partial charge in [-0.1, -0.05) is 13.8 Å². The Morgan fingerprint density at radius 1 is 1.57 bits per heavy atom. The van der Waals surface area contributed by atoms with Crippen molar-refractivity contribution in [3.63, 3.8) is 0 Å². The summed E-state index contributed by atoms with van der Waals surface area (Å²) in [6.07, 6.45) is 0.987. The van der Waals surface area contributed by atoms with Crippen molar-refractivity contribution < 1.29 is 4.74 Å². The lowest BCUT2D eigenvalue weighted by molar-refractivity contribution is 0.108. The molecule has 0 amide bonds. The Bertz CT molecular complexity index is 333. The largest absolute Gasteiger partial charge is 0.376 e. The van der Waals surface area contributed by atoms with Gasteiger partial charge in [-0.05, 0) is 21.8 Å². The maximum absolute atomic E-state index is 5.41. The number of ether oxygens (including phenoxy) is 1. The third-order valence-electron chi connectivity index (χ3n) is 2.39. The Morgan fingerprint density at radius 3 is 3.07 bits per heavy atom. The van der Waals surface area contributed by atoms with Crippen LogP contribution in [0.1, 0.15) is 25.1 Å². The highest BCUT2D eigenvalue weighted by Gasteiger charge is 2.19. The van der Waals surface area contributed by atoms with Gasteiger partial charge in [-0.15, -0.1) is 0 Å². The summed E-state index contributed by atoms with van der Waals surface area (Å²) in [5, 5.41) is 4.49. The van der Waals surface area contributed by atoms with Crippen LogP contribution in [0.3, 0.4) is 0 Å². The first-order valence-electron chi connectivity index (χ1n) is 5.00. The number of nitrogens with zero attached hydrogens (tertiary/aromatic N) is 2. The summed E-state index contributed by atoms with van der Waals surface area (Å²) in [6.45, 7) is 6.94. The third-order valence-corrected chi connectivity index (χ3v) is 3.02. The van der Waals surface area contributed by atoms with E-state index in [1.807, 2.05) is 0 Å². The number of aromatic nitrogens is 2. The van der Waals surface area contributed by atoms with E-state index in [1.165, 1.54) is 11.3 Å². The number of rotatable bonds is 2. The monoisotopic (exact) mass is 258 g/mol. The highest BCUT2D eigenvalue weighted by Crippen LogP contribution is 2.25. The summed E-state index contributed by atoms with van der Waals surface area (Å²) in [5.41, 5.74) is 2.58. The average molecular weight is 259 g/mol. The van der Waals surface area contributed by atoms with Gasteiger partial charge in [-0.2, -0.15) is 5.10 Å². The molecule has 3 nitrogen and oxygen atoms in total. The topological polar surface area (TPSA) is 27.1 Å². The van der Waals surface area contributed by atoms with Crippen LogP contribution >= 0.6 is 15.9 Å². The fourth-order valence-electron chi connectivity index (χ4n) is 1.76. The van der Waals surface area contributed by atoms with E-state index in [0.29, 0.717) is 12.5 Å². The van der Waals surface area contributed by atoms with Crippen molar-refractivity contribution in [2.24, 2.45) is 5.92 Å². The van der Waals surface area contributed by atoms with E-state index >= 15 is 0 Å². The van der Waals surface area contributed by atoms with Crippen LogP contribution in [0, 0.1) is 5.92 Å². The number of hydrogen-bond acceptors (Lipinski definition) is 2. The van der Waals surface area contributed by atoms with Gasteiger partial charge in [0.05, 0.1) is 13.2 Å².